The number of aromatic nitrogens is 1. The highest BCUT2D eigenvalue weighted by Gasteiger charge is 2.41. The number of hydrogen-bond acceptors (Lipinski definition) is 3. The maximum Gasteiger partial charge on any atom is 0.150 e. The Labute approximate surface area is 220 Å². The third-order valence-electron chi connectivity index (χ3n) is 7.49. The Balaban J connectivity index is 1.32. The van der Waals surface area contributed by atoms with Crippen LogP contribution in [0.2, 0.25) is 0 Å². The van der Waals surface area contributed by atoms with E-state index in [9.17, 15) is 18.4 Å². The number of rotatable bonds is 10. The first-order chi connectivity index (χ1) is 18.4. The zero-order chi connectivity index (χ0) is 26.7. The lowest BCUT2D eigenvalue weighted by Gasteiger charge is -2.32. The van der Waals surface area contributed by atoms with Crippen molar-refractivity contribution in [2.45, 2.75) is 44.8 Å². The molecule has 1 aliphatic rings. The van der Waals surface area contributed by atoms with Gasteiger partial charge in [-0.25, -0.2) is 13.2 Å². The highest BCUT2D eigenvalue weighted by molar-refractivity contribution is 5.83. The van der Waals surface area contributed by atoms with Crippen molar-refractivity contribution in [3.05, 3.63) is 106 Å². The Bertz CT molecular complexity index is 1470. The number of nitriles is 1. The lowest BCUT2D eigenvalue weighted by molar-refractivity contribution is -0.0146. The van der Waals surface area contributed by atoms with E-state index >= 15 is 0 Å². The molecule has 0 saturated carbocycles. The number of nitrogens with zero attached hydrogens (tertiary/aromatic N) is 2. The summed E-state index contributed by atoms with van der Waals surface area (Å²) in [4.78, 5) is 5.30. The van der Waals surface area contributed by atoms with Crippen LogP contribution in [0.4, 0.5) is 13.2 Å². The van der Waals surface area contributed by atoms with Crippen LogP contribution in [0.25, 0.3) is 10.9 Å². The number of halogens is 3. The van der Waals surface area contributed by atoms with Crippen molar-refractivity contribution in [1.82, 2.24) is 9.88 Å². The molecule has 0 bridgehead atoms. The number of hydrogen-bond donors (Lipinski definition) is 1. The van der Waals surface area contributed by atoms with Gasteiger partial charge in [-0.3, -0.25) is 0 Å². The minimum atomic E-state index is -0.708. The van der Waals surface area contributed by atoms with Gasteiger partial charge in [0.05, 0.1) is 23.8 Å². The fourth-order valence-corrected chi connectivity index (χ4v) is 5.66. The van der Waals surface area contributed by atoms with Gasteiger partial charge in [0.25, 0.3) is 0 Å². The number of aromatic amines is 1. The topological polar surface area (TPSA) is 52.0 Å². The van der Waals surface area contributed by atoms with E-state index in [1.807, 2.05) is 18.2 Å². The number of benzene rings is 3. The maximum absolute atomic E-state index is 14.1. The minimum Gasteiger partial charge on any atom is -0.361 e. The largest absolute Gasteiger partial charge is 0.361 e. The Morgan fingerprint density at radius 2 is 1.82 bits per heavy atom. The SMILES string of the molecule is CCCN(CCCC1(c2ccc(F)cc2)OCc2cc(C#N)ccc21)CCc1c[nH]c2c(F)cc(F)cc12. The Morgan fingerprint density at radius 3 is 2.58 bits per heavy atom. The van der Waals surface area contributed by atoms with Gasteiger partial charge in [0, 0.05) is 24.2 Å². The highest BCUT2D eigenvalue weighted by atomic mass is 19.1. The first kappa shape index (κ1) is 26.0. The Hall–Kier alpha value is -3.60. The van der Waals surface area contributed by atoms with Crippen LogP contribution >= 0.6 is 0 Å². The van der Waals surface area contributed by atoms with Crippen LogP contribution in [0.3, 0.4) is 0 Å². The van der Waals surface area contributed by atoms with Crippen molar-refractivity contribution in [3.8, 4) is 6.07 Å². The fraction of sp³-hybridized carbons (Fsp3) is 0.323. The smallest absolute Gasteiger partial charge is 0.150 e. The molecule has 5 rings (SSSR count). The van der Waals surface area contributed by atoms with E-state index in [1.54, 1.807) is 18.3 Å². The van der Waals surface area contributed by atoms with E-state index in [1.165, 1.54) is 18.2 Å². The fourth-order valence-electron chi connectivity index (χ4n) is 5.66. The van der Waals surface area contributed by atoms with Crippen molar-refractivity contribution in [3.63, 3.8) is 0 Å². The van der Waals surface area contributed by atoms with Gasteiger partial charge in [-0.15, -0.1) is 0 Å². The van der Waals surface area contributed by atoms with E-state index in [4.69, 9.17) is 4.74 Å². The van der Waals surface area contributed by atoms with E-state index in [0.29, 0.717) is 35.9 Å². The van der Waals surface area contributed by atoms with Crippen LogP contribution in [-0.2, 0) is 23.4 Å². The molecule has 0 spiro atoms. The van der Waals surface area contributed by atoms with E-state index < -0.39 is 17.2 Å². The molecule has 1 atom stereocenters. The molecule has 1 N–H and O–H groups in total. The number of H-pyrrole nitrogens is 1. The summed E-state index contributed by atoms with van der Waals surface area (Å²) in [6.07, 6.45) is 4.94. The van der Waals surface area contributed by atoms with E-state index in [-0.39, 0.29) is 5.82 Å². The molecule has 0 amide bonds. The molecule has 2 heterocycles. The third kappa shape index (κ3) is 5.07. The average Bonchev–Trinajstić information content (AvgIpc) is 3.49. The molecule has 0 saturated heterocycles. The molecule has 1 unspecified atom stereocenters. The summed E-state index contributed by atoms with van der Waals surface area (Å²) in [5.74, 6) is -1.46. The lowest BCUT2D eigenvalue weighted by Crippen LogP contribution is -2.32. The molecule has 3 aromatic carbocycles. The van der Waals surface area contributed by atoms with Crippen LogP contribution in [-0.4, -0.2) is 29.5 Å². The maximum atomic E-state index is 14.1. The second-order valence-corrected chi connectivity index (χ2v) is 9.93. The molecule has 4 nitrogen and oxygen atoms in total. The average molecular weight is 518 g/mol. The molecule has 1 aromatic heterocycles. The van der Waals surface area contributed by atoms with Crippen LogP contribution in [0.5, 0.6) is 0 Å². The van der Waals surface area contributed by atoms with Gasteiger partial charge in [-0.2, -0.15) is 5.26 Å². The van der Waals surface area contributed by atoms with Gasteiger partial charge in [-0.05, 0) is 91.4 Å². The molecule has 0 fully saturated rings. The van der Waals surface area contributed by atoms with Gasteiger partial charge in [0.15, 0.2) is 0 Å². The summed E-state index contributed by atoms with van der Waals surface area (Å²) < 4.78 is 48.1. The molecule has 0 radical (unpaired) electrons. The van der Waals surface area contributed by atoms with Gasteiger partial charge in [-0.1, -0.05) is 25.1 Å². The summed E-state index contributed by atoms with van der Waals surface area (Å²) in [5.41, 5.74) is 4.01. The quantitative estimate of drug-likeness (QED) is 0.247. The zero-order valence-corrected chi connectivity index (χ0v) is 21.4. The Kier molecular flexibility index (Phi) is 7.55. The molecular weight excluding hydrogens is 487 g/mol. The third-order valence-corrected chi connectivity index (χ3v) is 7.49. The number of ether oxygens (including phenoxy) is 1. The van der Waals surface area contributed by atoms with Crippen molar-refractivity contribution in [2.75, 3.05) is 19.6 Å². The first-order valence-corrected chi connectivity index (χ1v) is 13.0. The van der Waals surface area contributed by atoms with Crippen molar-refractivity contribution in [1.29, 1.82) is 5.26 Å². The van der Waals surface area contributed by atoms with Crippen molar-refractivity contribution >= 4 is 10.9 Å². The molecule has 7 heteroatoms. The number of fused-ring (bicyclic) bond motifs is 2. The van der Waals surface area contributed by atoms with Crippen LogP contribution in [0, 0.1) is 28.8 Å². The van der Waals surface area contributed by atoms with Gasteiger partial charge < -0.3 is 14.6 Å². The summed E-state index contributed by atoms with van der Waals surface area (Å²) in [5, 5.41) is 9.91. The molecule has 38 heavy (non-hydrogen) atoms. The van der Waals surface area contributed by atoms with Crippen LogP contribution in [0.15, 0.2) is 60.8 Å². The van der Waals surface area contributed by atoms with Crippen LogP contribution < -0.4 is 0 Å². The molecule has 196 valence electrons. The first-order valence-electron chi connectivity index (χ1n) is 13.0. The molecule has 0 aliphatic carbocycles. The van der Waals surface area contributed by atoms with Crippen molar-refractivity contribution in [2.24, 2.45) is 0 Å². The molecular formula is C31H30F3N3O. The normalized spacial score (nSPS) is 16.7. The Morgan fingerprint density at radius 1 is 1.00 bits per heavy atom. The standard InChI is InChI=1S/C31H30F3N3O/c1-2-12-37(14-10-22-19-36-30-27(22)16-26(33)17-29(30)34)13-3-11-31(24-5-7-25(32)8-6-24)28-9-4-21(18-35)15-23(28)20-38-31/h4-9,15-17,19,36H,2-3,10-14,20H2,1H3. The summed E-state index contributed by atoms with van der Waals surface area (Å²) in [6, 6.07) is 16.6. The highest BCUT2D eigenvalue weighted by Crippen LogP contribution is 2.45. The van der Waals surface area contributed by atoms with E-state index in [0.717, 1.165) is 60.8 Å². The van der Waals surface area contributed by atoms with Crippen LogP contribution in [0.1, 0.15) is 54.0 Å². The van der Waals surface area contributed by atoms with E-state index in [2.05, 4.69) is 22.9 Å². The second-order valence-electron chi connectivity index (χ2n) is 9.93. The predicted molar refractivity (Wildman–Crippen MR) is 141 cm³/mol. The summed E-state index contributed by atoms with van der Waals surface area (Å²) in [6.45, 7) is 5.00. The van der Waals surface area contributed by atoms with Gasteiger partial charge in [0.2, 0.25) is 0 Å². The molecule has 1 aliphatic heterocycles. The predicted octanol–water partition coefficient (Wildman–Crippen LogP) is 6.97. The summed E-state index contributed by atoms with van der Waals surface area (Å²) in [7, 11) is 0. The lowest BCUT2D eigenvalue weighted by atomic mass is 9.81. The minimum absolute atomic E-state index is 0.298. The van der Waals surface area contributed by atoms with Crippen molar-refractivity contribution < 1.29 is 17.9 Å². The monoisotopic (exact) mass is 517 g/mol. The second kappa shape index (κ2) is 11.0. The zero-order valence-electron chi connectivity index (χ0n) is 21.4. The number of nitrogens with one attached hydrogen (secondary N) is 1. The van der Waals surface area contributed by atoms with Gasteiger partial charge >= 0.3 is 0 Å². The molecule has 4 aromatic rings. The summed E-state index contributed by atoms with van der Waals surface area (Å²) >= 11 is 0. The van der Waals surface area contributed by atoms with Gasteiger partial charge in [0.1, 0.15) is 23.1 Å².